The molecule has 0 spiro atoms. The van der Waals surface area contributed by atoms with Gasteiger partial charge in [0.05, 0.1) is 10.4 Å². The molecule has 8 heteroatoms. The van der Waals surface area contributed by atoms with Gasteiger partial charge < -0.3 is 10.2 Å². The van der Waals surface area contributed by atoms with E-state index in [4.69, 9.17) is 0 Å². The van der Waals surface area contributed by atoms with Crippen molar-refractivity contribution in [2.45, 2.75) is 12.8 Å². The highest BCUT2D eigenvalue weighted by Gasteiger charge is 2.26. The molecule has 1 aromatic carbocycles. The summed E-state index contributed by atoms with van der Waals surface area (Å²) in [6.45, 7) is 2.34. The molecule has 0 saturated carbocycles. The Balaban J connectivity index is 1.81. The first kappa shape index (κ1) is 15.4. The number of aromatic nitrogens is 2. The quantitative estimate of drug-likeness (QED) is 0.657. The van der Waals surface area contributed by atoms with Gasteiger partial charge in [-0.25, -0.2) is 0 Å². The molecule has 1 aliphatic rings. The number of nitrogens with one attached hydrogen (secondary N) is 2. The summed E-state index contributed by atoms with van der Waals surface area (Å²) in [7, 11) is 1.93. The Labute approximate surface area is 133 Å². The van der Waals surface area contributed by atoms with Crippen LogP contribution >= 0.6 is 0 Å². The highest BCUT2D eigenvalue weighted by Crippen LogP contribution is 2.24. The number of rotatable bonds is 4. The Morgan fingerprint density at radius 1 is 1.48 bits per heavy atom. The van der Waals surface area contributed by atoms with E-state index in [1.54, 1.807) is 11.0 Å². The zero-order valence-electron chi connectivity index (χ0n) is 12.9. The Morgan fingerprint density at radius 2 is 2.22 bits per heavy atom. The molecular formula is C15H19N5O3. The molecule has 1 fully saturated rings. The van der Waals surface area contributed by atoms with E-state index in [0.29, 0.717) is 29.9 Å². The molecule has 8 nitrogen and oxygen atoms in total. The number of non-ortho nitro benzene ring substituents is 1. The maximum atomic E-state index is 12.7. The Morgan fingerprint density at radius 3 is 2.87 bits per heavy atom. The van der Waals surface area contributed by atoms with Crippen molar-refractivity contribution < 1.29 is 9.72 Å². The molecule has 23 heavy (non-hydrogen) atoms. The number of H-pyrrole nitrogens is 1. The number of nitro benzene ring substituents is 1. The fraction of sp³-hybridized carbons (Fsp3) is 0.467. The standard InChI is InChI=1S/C15H19N5O3/c1-16-9-10-4-6-19(7-5-10)15(21)14-12-8-11(20(22)23)2-3-13(12)17-18-14/h2-3,8,10,16H,4-7,9H2,1H3,(H,17,18). The van der Waals surface area contributed by atoms with E-state index in [9.17, 15) is 14.9 Å². The molecule has 2 N–H and O–H groups in total. The summed E-state index contributed by atoms with van der Waals surface area (Å²) in [5.74, 6) is 0.417. The first-order valence-corrected chi connectivity index (χ1v) is 7.66. The predicted octanol–water partition coefficient (Wildman–Crippen LogP) is 1.54. The van der Waals surface area contributed by atoms with Crippen LogP contribution in [0.4, 0.5) is 5.69 Å². The van der Waals surface area contributed by atoms with Crippen LogP contribution in [0.25, 0.3) is 10.9 Å². The number of hydrogen-bond acceptors (Lipinski definition) is 5. The van der Waals surface area contributed by atoms with Crippen LogP contribution in [0.5, 0.6) is 0 Å². The van der Waals surface area contributed by atoms with Gasteiger partial charge in [-0.05, 0) is 38.4 Å². The lowest BCUT2D eigenvalue weighted by Crippen LogP contribution is -2.40. The summed E-state index contributed by atoms with van der Waals surface area (Å²) in [6.07, 6.45) is 1.91. The van der Waals surface area contributed by atoms with Crippen LogP contribution in [0.2, 0.25) is 0 Å². The van der Waals surface area contributed by atoms with Gasteiger partial charge in [0.25, 0.3) is 11.6 Å². The molecule has 122 valence electrons. The number of hydrogen-bond donors (Lipinski definition) is 2. The molecule has 0 bridgehead atoms. The third-order valence-corrected chi connectivity index (χ3v) is 4.35. The second-order valence-corrected chi connectivity index (χ2v) is 5.85. The molecule has 3 rings (SSSR count). The van der Waals surface area contributed by atoms with Crippen molar-refractivity contribution in [2.75, 3.05) is 26.7 Å². The van der Waals surface area contributed by atoms with Crippen molar-refractivity contribution in [2.24, 2.45) is 5.92 Å². The molecule has 0 atom stereocenters. The smallest absolute Gasteiger partial charge is 0.274 e. The Kier molecular flexibility index (Phi) is 4.24. The zero-order chi connectivity index (χ0) is 16.4. The van der Waals surface area contributed by atoms with E-state index in [-0.39, 0.29) is 17.3 Å². The molecule has 0 unspecified atom stereocenters. The second kappa shape index (κ2) is 6.33. The largest absolute Gasteiger partial charge is 0.337 e. The number of nitrogens with zero attached hydrogens (tertiary/aromatic N) is 3. The van der Waals surface area contributed by atoms with Crippen LogP contribution in [-0.4, -0.2) is 52.6 Å². The molecule has 1 amide bonds. The van der Waals surface area contributed by atoms with Gasteiger partial charge in [-0.15, -0.1) is 0 Å². The highest BCUT2D eigenvalue weighted by molar-refractivity contribution is 6.05. The molecule has 1 aliphatic heterocycles. The van der Waals surface area contributed by atoms with Crippen LogP contribution in [0.3, 0.4) is 0 Å². The van der Waals surface area contributed by atoms with Crippen molar-refractivity contribution in [1.82, 2.24) is 20.4 Å². The SMILES string of the molecule is CNCC1CCN(C(=O)c2n[nH]c3ccc([N+](=O)[O-])cc23)CC1. The lowest BCUT2D eigenvalue weighted by atomic mass is 9.96. The molecular weight excluding hydrogens is 298 g/mol. The van der Waals surface area contributed by atoms with Crippen LogP contribution in [0.1, 0.15) is 23.3 Å². The Bertz CT molecular complexity index is 734. The minimum atomic E-state index is -0.468. The van der Waals surface area contributed by atoms with Crippen molar-refractivity contribution in [3.8, 4) is 0 Å². The number of benzene rings is 1. The first-order chi connectivity index (χ1) is 11.1. The zero-order valence-corrected chi connectivity index (χ0v) is 12.9. The summed E-state index contributed by atoms with van der Waals surface area (Å²) in [6, 6.07) is 4.38. The fourth-order valence-electron chi connectivity index (χ4n) is 3.06. The van der Waals surface area contributed by atoms with Crippen molar-refractivity contribution in [3.05, 3.63) is 34.0 Å². The third-order valence-electron chi connectivity index (χ3n) is 4.35. The Hall–Kier alpha value is -2.48. The number of likely N-dealkylation sites (tertiary alicyclic amines) is 1. The summed E-state index contributed by atoms with van der Waals surface area (Å²) in [5, 5.41) is 21.4. The summed E-state index contributed by atoms with van der Waals surface area (Å²) in [5.41, 5.74) is 0.848. The third kappa shape index (κ3) is 3.02. The van der Waals surface area contributed by atoms with Gasteiger partial charge in [0.2, 0.25) is 0 Å². The summed E-state index contributed by atoms with van der Waals surface area (Å²) in [4.78, 5) is 24.9. The summed E-state index contributed by atoms with van der Waals surface area (Å²) >= 11 is 0. The van der Waals surface area contributed by atoms with Gasteiger partial charge >= 0.3 is 0 Å². The molecule has 0 aliphatic carbocycles. The van der Waals surface area contributed by atoms with Gasteiger partial charge in [0.15, 0.2) is 5.69 Å². The van der Waals surface area contributed by atoms with Crippen LogP contribution in [0.15, 0.2) is 18.2 Å². The normalized spacial score (nSPS) is 16.0. The number of carbonyl (C=O) groups is 1. The minimum Gasteiger partial charge on any atom is -0.337 e. The topological polar surface area (TPSA) is 104 Å². The lowest BCUT2D eigenvalue weighted by Gasteiger charge is -2.31. The number of amides is 1. The van der Waals surface area contributed by atoms with Crippen LogP contribution in [-0.2, 0) is 0 Å². The van der Waals surface area contributed by atoms with E-state index in [2.05, 4.69) is 15.5 Å². The predicted molar refractivity (Wildman–Crippen MR) is 85.3 cm³/mol. The lowest BCUT2D eigenvalue weighted by molar-refractivity contribution is -0.384. The van der Waals surface area contributed by atoms with Crippen LogP contribution in [0, 0.1) is 16.0 Å². The second-order valence-electron chi connectivity index (χ2n) is 5.85. The number of aromatic amines is 1. The highest BCUT2D eigenvalue weighted by atomic mass is 16.6. The van der Waals surface area contributed by atoms with E-state index in [0.717, 1.165) is 19.4 Å². The molecule has 2 heterocycles. The van der Waals surface area contributed by atoms with Gasteiger partial charge in [-0.3, -0.25) is 20.0 Å². The summed E-state index contributed by atoms with van der Waals surface area (Å²) < 4.78 is 0. The van der Waals surface area contributed by atoms with Crippen LogP contribution < -0.4 is 5.32 Å². The van der Waals surface area contributed by atoms with E-state index in [1.165, 1.54) is 12.1 Å². The average Bonchev–Trinajstić information content (AvgIpc) is 2.98. The van der Waals surface area contributed by atoms with Crippen molar-refractivity contribution in [3.63, 3.8) is 0 Å². The van der Waals surface area contributed by atoms with E-state index < -0.39 is 4.92 Å². The van der Waals surface area contributed by atoms with Crippen molar-refractivity contribution in [1.29, 1.82) is 0 Å². The average molecular weight is 317 g/mol. The molecule has 1 saturated heterocycles. The van der Waals surface area contributed by atoms with Gasteiger partial charge in [0.1, 0.15) is 0 Å². The van der Waals surface area contributed by atoms with Gasteiger partial charge in [-0.1, -0.05) is 0 Å². The molecule has 0 radical (unpaired) electrons. The fourth-order valence-corrected chi connectivity index (χ4v) is 3.06. The van der Waals surface area contributed by atoms with Gasteiger partial charge in [-0.2, -0.15) is 5.10 Å². The van der Waals surface area contributed by atoms with Crippen molar-refractivity contribution >= 4 is 22.5 Å². The van der Waals surface area contributed by atoms with E-state index >= 15 is 0 Å². The number of carbonyl (C=O) groups excluding carboxylic acids is 1. The maximum Gasteiger partial charge on any atom is 0.274 e. The monoisotopic (exact) mass is 317 g/mol. The minimum absolute atomic E-state index is 0.0410. The number of piperidine rings is 1. The maximum absolute atomic E-state index is 12.7. The van der Waals surface area contributed by atoms with E-state index in [1.807, 2.05) is 7.05 Å². The van der Waals surface area contributed by atoms with Gasteiger partial charge in [0, 0.05) is 30.6 Å². The molecule has 2 aromatic rings. The number of nitro groups is 1. The number of fused-ring (bicyclic) bond motifs is 1. The first-order valence-electron chi connectivity index (χ1n) is 7.66. The molecule has 1 aromatic heterocycles.